The van der Waals surface area contributed by atoms with Crippen LogP contribution in [0.5, 0.6) is 0 Å². The van der Waals surface area contributed by atoms with Crippen LogP contribution >= 0.6 is 0 Å². The monoisotopic (exact) mass is 261 g/mol. The van der Waals surface area contributed by atoms with Crippen LogP contribution in [0.3, 0.4) is 0 Å². The van der Waals surface area contributed by atoms with Gasteiger partial charge in [-0.15, -0.1) is 0 Å². The summed E-state index contributed by atoms with van der Waals surface area (Å²) in [7, 11) is 0. The highest BCUT2D eigenvalue weighted by atomic mass is 16.2. The van der Waals surface area contributed by atoms with E-state index in [-0.39, 0.29) is 11.9 Å². The van der Waals surface area contributed by atoms with Crippen molar-refractivity contribution in [1.29, 1.82) is 5.26 Å². The molecular formula is C13H19N5O. The molecule has 0 aliphatic carbocycles. The molecule has 2 heterocycles. The quantitative estimate of drug-likeness (QED) is 0.872. The molecule has 1 amide bonds. The largest absolute Gasteiger partial charge is 0.336 e. The predicted molar refractivity (Wildman–Crippen MR) is 70.4 cm³/mol. The van der Waals surface area contributed by atoms with Gasteiger partial charge in [-0.1, -0.05) is 13.3 Å². The zero-order chi connectivity index (χ0) is 13.7. The zero-order valence-electron chi connectivity index (χ0n) is 11.2. The molecule has 0 saturated carbocycles. The third kappa shape index (κ3) is 3.12. The topological polar surface area (TPSA) is 76.0 Å². The van der Waals surface area contributed by atoms with Crippen molar-refractivity contribution in [3.63, 3.8) is 0 Å². The fourth-order valence-corrected chi connectivity index (χ4v) is 2.39. The molecule has 6 nitrogen and oxygen atoms in total. The van der Waals surface area contributed by atoms with Crippen LogP contribution in [-0.2, 0) is 0 Å². The van der Waals surface area contributed by atoms with Crippen LogP contribution in [0, 0.1) is 11.3 Å². The Kier molecular flexibility index (Phi) is 4.53. The van der Waals surface area contributed by atoms with Crippen LogP contribution in [0.25, 0.3) is 0 Å². The molecule has 102 valence electrons. The van der Waals surface area contributed by atoms with Gasteiger partial charge >= 0.3 is 0 Å². The normalized spacial score (nSPS) is 18.0. The molecule has 1 atom stereocenters. The number of rotatable bonds is 4. The van der Waals surface area contributed by atoms with E-state index in [1.54, 1.807) is 12.4 Å². The number of hydrogen-bond donors (Lipinski definition) is 1. The number of carbonyl (C=O) groups is 1. The van der Waals surface area contributed by atoms with Crippen molar-refractivity contribution in [1.82, 2.24) is 20.0 Å². The number of nitriles is 1. The maximum Gasteiger partial charge on any atom is 0.257 e. The maximum atomic E-state index is 12.1. The lowest BCUT2D eigenvalue weighted by Gasteiger charge is -2.36. The lowest BCUT2D eigenvalue weighted by molar-refractivity contribution is 0.0601. The summed E-state index contributed by atoms with van der Waals surface area (Å²) in [4.78, 5) is 16.1. The third-order valence-corrected chi connectivity index (χ3v) is 3.50. The Balaban J connectivity index is 1.89. The Morgan fingerprint density at radius 3 is 2.79 bits per heavy atom. The van der Waals surface area contributed by atoms with Gasteiger partial charge in [0, 0.05) is 32.4 Å². The lowest BCUT2D eigenvalue weighted by Crippen LogP contribution is -2.51. The molecule has 1 aliphatic rings. The van der Waals surface area contributed by atoms with Crippen LogP contribution < -0.4 is 0 Å². The summed E-state index contributed by atoms with van der Waals surface area (Å²) < 4.78 is 0. The van der Waals surface area contributed by atoms with E-state index in [2.05, 4.69) is 28.1 Å². The van der Waals surface area contributed by atoms with E-state index in [1.807, 2.05) is 4.90 Å². The Bertz CT molecular complexity index is 442. The molecule has 1 unspecified atom stereocenters. The van der Waals surface area contributed by atoms with Crippen LogP contribution in [-0.4, -0.2) is 58.1 Å². The van der Waals surface area contributed by atoms with Gasteiger partial charge in [-0.25, -0.2) is 0 Å². The van der Waals surface area contributed by atoms with Crippen molar-refractivity contribution in [3.8, 4) is 6.07 Å². The molecule has 0 radical (unpaired) electrons. The van der Waals surface area contributed by atoms with Crippen LogP contribution in [0.4, 0.5) is 0 Å². The van der Waals surface area contributed by atoms with Crippen LogP contribution in [0.1, 0.15) is 30.1 Å². The first-order valence-electron chi connectivity index (χ1n) is 6.68. The molecule has 0 bridgehead atoms. The molecule has 1 aromatic heterocycles. The summed E-state index contributed by atoms with van der Waals surface area (Å²) in [6.07, 6.45) is 5.06. The molecule has 1 saturated heterocycles. The Morgan fingerprint density at radius 2 is 2.26 bits per heavy atom. The summed E-state index contributed by atoms with van der Waals surface area (Å²) in [6.45, 7) is 4.96. The van der Waals surface area contributed by atoms with Gasteiger partial charge < -0.3 is 4.90 Å². The average molecular weight is 261 g/mol. The minimum Gasteiger partial charge on any atom is -0.336 e. The number of hydrogen-bond acceptors (Lipinski definition) is 4. The van der Waals surface area contributed by atoms with Gasteiger partial charge in [-0.05, 0) is 6.42 Å². The molecule has 1 fully saturated rings. The second kappa shape index (κ2) is 6.34. The highest BCUT2D eigenvalue weighted by Gasteiger charge is 2.26. The first kappa shape index (κ1) is 13.6. The number of carbonyl (C=O) groups excluding carboxylic acids is 1. The summed E-state index contributed by atoms with van der Waals surface area (Å²) in [5.41, 5.74) is 0.596. The van der Waals surface area contributed by atoms with Crippen molar-refractivity contribution < 1.29 is 4.79 Å². The van der Waals surface area contributed by atoms with Crippen molar-refractivity contribution in [2.45, 2.75) is 25.8 Å². The van der Waals surface area contributed by atoms with Gasteiger partial charge in [0.25, 0.3) is 5.91 Å². The van der Waals surface area contributed by atoms with Crippen molar-refractivity contribution in [3.05, 3.63) is 18.0 Å². The second-order valence-corrected chi connectivity index (χ2v) is 4.75. The number of amides is 1. The molecule has 6 heteroatoms. The van der Waals surface area contributed by atoms with E-state index >= 15 is 0 Å². The number of piperazine rings is 1. The van der Waals surface area contributed by atoms with E-state index < -0.39 is 0 Å². The van der Waals surface area contributed by atoms with E-state index in [0.717, 1.165) is 25.9 Å². The summed E-state index contributed by atoms with van der Waals surface area (Å²) in [6, 6.07) is 2.33. The van der Waals surface area contributed by atoms with Gasteiger partial charge in [0.1, 0.15) is 0 Å². The number of aromatic nitrogens is 2. The second-order valence-electron chi connectivity index (χ2n) is 4.75. The Morgan fingerprint density at radius 1 is 1.53 bits per heavy atom. The van der Waals surface area contributed by atoms with E-state index in [4.69, 9.17) is 5.26 Å². The molecule has 0 spiro atoms. The highest BCUT2D eigenvalue weighted by molar-refractivity contribution is 5.93. The lowest BCUT2D eigenvalue weighted by atomic mass is 10.1. The molecule has 0 aromatic carbocycles. The van der Waals surface area contributed by atoms with Gasteiger partial charge in [-0.2, -0.15) is 10.4 Å². The van der Waals surface area contributed by atoms with Crippen molar-refractivity contribution in [2.24, 2.45) is 0 Å². The van der Waals surface area contributed by atoms with Crippen LogP contribution in [0.15, 0.2) is 12.4 Å². The van der Waals surface area contributed by atoms with E-state index in [9.17, 15) is 4.79 Å². The summed E-state index contributed by atoms with van der Waals surface area (Å²) in [5.74, 6) is 0.0115. The number of H-pyrrole nitrogens is 1. The molecular weight excluding hydrogens is 242 g/mol. The predicted octanol–water partition coefficient (Wildman–Crippen LogP) is 0.860. The summed E-state index contributed by atoms with van der Waals surface area (Å²) >= 11 is 0. The Labute approximate surface area is 113 Å². The SMILES string of the molecule is CCCC(C#N)N1CCN(C(=O)c2cn[nH]c2)CC1. The molecule has 19 heavy (non-hydrogen) atoms. The van der Waals surface area contributed by atoms with E-state index in [0.29, 0.717) is 18.7 Å². The number of nitrogens with zero attached hydrogens (tertiary/aromatic N) is 4. The third-order valence-electron chi connectivity index (χ3n) is 3.50. The molecule has 1 aliphatic heterocycles. The fraction of sp³-hybridized carbons (Fsp3) is 0.615. The molecule has 1 N–H and O–H groups in total. The number of aromatic amines is 1. The first-order chi connectivity index (χ1) is 9.26. The fourth-order valence-electron chi connectivity index (χ4n) is 2.39. The van der Waals surface area contributed by atoms with Crippen molar-refractivity contribution in [2.75, 3.05) is 26.2 Å². The minimum absolute atomic E-state index is 0.0115. The van der Waals surface area contributed by atoms with Gasteiger partial charge in [0.05, 0.1) is 23.9 Å². The standard InChI is InChI=1S/C13H19N5O/c1-2-3-12(8-14)17-4-6-18(7-5-17)13(19)11-9-15-16-10-11/h9-10,12H,2-7H2,1H3,(H,15,16). The molecule has 2 rings (SSSR count). The van der Waals surface area contributed by atoms with Crippen LogP contribution in [0.2, 0.25) is 0 Å². The average Bonchev–Trinajstić information content (AvgIpc) is 2.98. The summed E-state index contributed by atoms with van der Waals surface area (Å²) in [5, 5.41) is 15.6. The first-order valence-corrected chi connectivity index (χ1v) is 6.68. The van der Waals surface area contributed by atoms with E-state index in [1.165, 1.54) is 0 Å². The minimum atomic E-state index is -0.0174. The van der Waals surface area contributed by atoms with Gasteiger partial charge in [0.15, 0.2) is 0 Å². The number of nitrogens with one attached hydrogen (secondary N) is 1. The Hall–Kier alpha value is -1.87. The maximum absolute atomic E-state index is 12.1. The van der Waals surface area contributed by atoms with Gasteiger partial charge in [-0.3, -0.25) is 14.8 Å². The highest BCUT2D eigenvalue weighted by Crippen LogP contribution is 2.12. The van der Waals surface area contributed by atoms with Crippen molar-refractivity contribution >= 4 is 5.91 Å². The van der Waals surface area contributed by atoms with Gasteiger partial charge in [0.2, 0.25) is 0 Å². The zero-order valence-corrected chi connectivity index (χ0v) is 11.2. The molecule has 1 aromatic rings. The smallest absolute Gasteiger partial charge is 0.257 e.